The van der Waals surface area contributed by atoms with Gasteiger partial charge in [0.2, 0.25) is 0 Å². The van der Waals surface area contributed by atoms with Crippen molar-refractivity contribution >= 4 is 29.1 Å². The van der Waals surface area contributed by atoms with Crippen LogP contribution in [-0.2, 0) is 6.54 Å². The fraction of sp³-hybridized carbons (Fsp3) is 0.419. The zero-order valence-electron chi connectivity index (χ0n) is 24.1. The molecule has 2 N–H and O–H groups in total. The van der Waals surface area contributed by atoms with Gasteiger partial charge in [0, 0.05) is 67.1 Å². The topological polar surface area (TPSA) is 90.5 Å². The Hall–Kier alpha value is -3.56. The first-order valence-corrected chi connectivity index (χ1v) is 14.4. The Labute approximate surface area is 246 Å². The Kier molecular flexibility index (Phi) is 10.3. The largest absolute Gasteiger partial charge is 0.364 e. The zero-order chi connectivity index (χ0) is 29.5. The maximum atomic E-state index is 14.8. The Morgan fingerprint density at radius 3 is 2.49 bits per heavy atom. The van der Waals surface area contributed by atoms with Crippen molar-refractivity contribution in [3.05, 3.63) is 87.7 Å². The number of likely N-dealkylation sites (tertiary alicyclic amines) is 1. The number of hydrogen-bond acceptors (Lipinski definition) is 6. The molecular formula is C31H38ClFN6O2. The van der Waals surface area contributed by atoms with Crippen LogP contribution in [0.4, 0.5) is 10.1 Å². The molecule has 2 aromatic carbocycles. The first-order valence-electron chi connectivity index (χ1n) is 14.0. The van der Waals surface area contributed by atoms with Crippen LogP contribution >= 0.6 is 11.6 Å². The molecule has 1 aliphatic rings. The van der Waals surface area contributed by atoms with Crippen LogP contribution in [0.1, 0.15) is 63.9 Å². The van der Waals surface area contributed by atoms with Gasteiger partial charge in [-0.2, -0.15) is 0 Å². The van der Waals surface area contributed by atoms with E-state index in [1.165, 1.54) is 12.4 Å². The Morgan fingerprint density at radius 1 is 1.10 bits per heavy atom. The van der Waals surface area contributed by atoms with Gasteiger partial charge in [-0.3, -0.25) is 9.59 Å². The molecule has 1 aliphatic heterocycles. The highest BCUT2D eigenvalue weighted by Crippen LogP contribution is 2.29. The molecular weight excluding hydrogens is 543 g/mol. The number of hydrogen-bond donors (Lipinski definition) is 2. The average Bonchev–Trinajstić information content (AvgIpc) is 2.97. The van der Waals surface area contributed by atoms with E-state index in [0.29, 0.717) is 46.2 Å². The number of aromatic nitrogens is 2. The lowest BCUT2D eigenvalue weighted by molar-refractivity contribution is 0.0939. The van der Waals surface area contributed by atoms with Crippen LogP contribution in [0.5, 0.6) is 0 Å². The molecule has 218 valence electrons. The summed E-state index contributed by atoms with van der Waals surface area (Å²) in [5.74, 6) is -0.613. The predicted molar refractivity (Wildman–Crippen MR) is 160 cm³/mol. The van der Waals surface area contributed by atoms with Crippen LogP contribution in [0.3, 0.4) is 0 Å². The Morgan fingerprint density at radius 2 is 1.80 bits per heavy atom. The zero-order valence-corrected chi connectivity index (χ0v) is 24.8. The molecule has 2 heterocycles. The molecule has 8 nitrogen and oxygen atoms in total. The number of aryl methyl sites for hydroxylation is 2. The fourth-order valence-electron chi connectivity index (χ4n) is 5.47. The Bertz CT molecular complexity index is 1360. The second kappa shape index (κ2) is 13.9. The fourth-order valence-corrected chi connectivity index (χ4v) is 5.67. The van der Waals surface area contributed by atoms with Gasteiger partial charge in [0.05, 0.1) is 17.0 Å². The molecule has 0 aliphatic carbocycles. The molecule has 0 radical (unpaired) electrons. The van der Waals surface area contributed by atoms with E-state index in [1.54, 1.807) is 25.2 Å². The van der Waals surface area contributed by atoms with Crippen molar-refractivity contribution in [1.29, 1.82) is 0 Å². The highest BCUT2D eigenvalue weighted by Gasteiger charge is 2.28. The van der Waals surface area contributed by atoms with E-state index in [2.05, 4.69) is 37.3 Å². The number of nitrogens with one attached hydrogen (secondary N) is 2. The van der Waals surface area contributed by atoms with Crippen LogP contribution in [-0.4, -0.2) is 65.4 Å². The number of benzene rings is 2. The van der Waals surface area contributed by atoms with Crippen molar-refractivity contribution in [2.75, 3.05) is 31.6 Å². The van der Waals surface area contributed by atoms with Gasteiger partial charge in [0.15, 0.2) is 0 Å². The second-order valence-electron chi connectivity index (χ2n) is 10.6. The minimum Gasteiger partial charge on any atom is -0.364 e. The number of piperidine rings is 1. The quantitative estimate of drug-likeness (QED) is 0.354. The van der Waals surface area contributed by atoms with Crippen molar-refractivity contribution in [1.82, 2.24) is 25.5 Å². The minimum atomic E-state index is -0.303. The van der Waals surface area contributed by atoms with Crippen LogP contribution < -0.4 is 15.5 Å². The minimum absolute atomic E-state index is 0.144. The third kappa shape index (κ3) is 7.59. The van der Waals surface area contributed by atoms with Crippen LogP contribution in [0.25, 0.3) is 0 Å². The summed E-state index contributed by atoms with van der Waals surface area (Å²) in [5, 5.41) is 6.19. The summed E-state index contributed by atoms with van der Waals surface area (Å²) in [7, 11) is 1.61. The third-order valence-corrected chi connectivity index (χ3v) is 8.11. The maximum absolute atomic E-state index is 14.8. The third-order valence-electron chi connectivity index (χ3n) is 7.88. The molecule has 0 saturated carbocycles. The maximum Gasteiger partial charge on any atom is 0.254 e. The van der Waals surface area contributed by atoms with Crippen LogP contribution in [0.15, 0.2) is 48.8 Å². The SMILES string of the molecule is CNC(=O)c1cccc(N(Cc2cc(Cl)ccc2F)C2CCN(C(C)CCNC(=O)c3c(C)ncnc3C)CC2)c1. The summed E-state index contributed by atoms with van der Waals surface area (Å²) in [6.45, 7) is 8.45. The van der Waals surface area contributed by atoms with Gasteiger partial charge in [0.1, 0.15) is 12.1 Å². The van der Waals surface area contributed by atoms with Gasteiger partial charge in [-0.05, 0) is 76.4 Å². The molecule has 0 spiro atoms. The number of halogens is 2. The van der Waals surface area contributed by atoms with Gasteiger partial charge in [-0.15, -0.1) is 0 Å². The number of amides is 2. The van der Waals surface area contributed by atoms with E-state index in [4.69, 9.17) is 11.6 Å². The lowest BCUT2D eigenvalue weighted by atomic mass is 9.98. The summed E-state index contributed by atoms with van der Waals surface area (Å²) in [6, 6.07) is 12.5. The number of carbonyl (C=O) groups excluding carboxylic acids is 2. The predicted octanol–water partition coefficient (Wildman–Crippen LogP) is 4.93. The molecule has 0 bridgehead atoms. The first kappa shape index (κ1) is 30.4. The number of carbonyl (C=O) groups is 2. The number of rotatable bonds is 10. The van der Waals surface area contributed by atoms with Crippen molar-refractivity contribution in [2.24, 2.45) is 0 Å². The molecule has 1 aromatic heterocycles. The molecule has 10 heteroatoms. The highest BCUT2D eigenvalue weighted by molar-refractivity contribution is 6.30. The van der Waals surface area contributed by atoms with Gasteiger partial charge < -0.3 is 20.4 Å². The molecule has 2 amide bonds. The number of anilines is 1. The van der Waals surface area contributed by atoms with Crippen molar-refractivity contribution in [2.45, 2.75) is 58.7 Å². The molecule has 3 aromatic rings. The molecule has 1 saturated heterocycles. The smallest absolute Gasteiger partial charge is 0.254 e. The second-order valence-corrected chi connectivity index (χ2v) is 11.0. The van der Waals surface area contributed by atoms with Crippen molar-refractivity contribution in [3.8, 4) is 0 Å². The van der Waals surface area contributed by atoms with Gasteiger partial charge in [-0.1, -0.05) is 17.7 Å². The van der Waals surface area contributed by atoms with Gasteiger partial charge in [-0.25, -0.2) is 14.4 Å². The van der Waals surface area contributed by atoms with E-state index in [-0.39, 0.29) is 29.7 Å². The van der Waals surface area contributed by atoms with E-state index in [9.17, 15) is 14.0 Å². The van der Waals surface area contributed by atoms with E-state index >= 15 is 0 Å². The van der Waals surface area contributed by atoms with Crippen LogP contribution in [0, 0.1) is 19.7 Å². The normalized spacial score (nSPS) is 14.9. The summed E-state index contributed by atoms with van der Waals surface area (Å²) in [5.41, 5.74) is 3.83. The van der Waals surface area contributed by atoms with E-state index in [1.807, 2.05) is 32.0 Å². The van der Waals surface area contributed by atoms with Crippen LogP contribution in [0.2, 0.25) is 5.02 Å². The first-order chi connectivity index (χ1) is 19.7. The summed E-state index contributed by atoms with van der Waals surface area (Å²) in [6.07, 6.45) is 4.04. The summed E-state index contributed by atoms with van der Waals surface area (Å²) < 4.78 is 14.8. The Balaban J connectivity index is 1.40. The highest BCUT2D eigenvalue weighted by atomic mass is 35.5. The molecule has 1 atom stereocenters. The van der Waals surface area contributed by atoms with E-state index < -0.39 is 0 Å². The molecule has 1 fully saturated rings. The van der Waals surface area contributed by atoms with Gasteiger partial charge >= 0.3 is 0 Å². The average molecular weight is 581 g/mol. The standard InChI is InChI=1S/C31H38ClFN6O2/c1-20(10-13-35-31(41)29-21(2)36-19-37-22(29)3)38-14-11-26(12-15-38)39(18-24-16-25(32)8-9-28(24)33)27-7-5-6-23(17-27)30(40)34-4/h5-9,16-17,19-20,26H,10-15,18H2,1-4H3,(H,34,40)(H,35,41). The monoisotopic (exact) mass is 580 g/mol. The lowest BCUT2D eigenvalue weighted by Crippen LogP contribution is -2.48. The molecule has 41 heavy (non-hydrogen) atoms. The van der Waals surface area contributed by atoms with E-state index in [0.717, 1.165) is 38.0 Å². The molecule has 4 rings (SSSR count). The summed E-state index contributed by atoms with van der Waals surface area (Å²) >= 11 is 6.21. The van der Waals surface area contributed by atoms with Crippen molar-refractivity contribution < 1.29 is 14.0 Å². The lowest BCUT2D eigenvalue weighted by Gasteiger charge is -2.42. The summed E-state index contributed by atoms with van der Waals surface area (Å²) in [4.78, 5) is 38.0. The molecule has 1 unspecified atom stereocenters. The van der Waals surface area contributed by atoms with Crippen molar-refractivity contribution in [3.63, 3.8) is 0 Å². The number of nitrogens with zero attached hydrogens (tertiary/aromatic N) is 4. The van der Waals surface area contributed by atoms with Gasteiger partial charge in [0.25, 0.3) is 11.8 Å².